The fraction of sp³-hybridized carbons (Fsp3) is 0.672. The van der Waals surface area contributed by atoms with E-state index in [1.165, 1.54) is 122 Å². The number of hydrogen-bond donors (Lipinski definition) is 3. The van der Waals surface area contributed by atoms with Gasteiger partial charge in [0.2, 0.25) is 5.91 Å². The van der Waals surface area contributed by atoms with E-state index in [1.54, 1.807) is 6.08 Å². The molecule has 4 heteroatoms. The number of hydrogen-bond acceptors (Lipinski definition) is 3. The Balaban J connectivity index is 3.69. The first-order valence-corrected chi connectivity index (χ1v) is 26.1. The largest absolute Gasteiger partial charge is 0.394 e. The lowest BCUT2D eigenvalue weighted by Crippen LogP contribution is -2.45. The minimum Gasteiger partial charge on any atom is -0.394 e. The maximum absolute atomic E-state index is 12.4. The molecule has 0 aromatic heterocycles. The highest BCUT2D eigenvalue weighted by molar-refractivity contribution is 5.76. The first-order valence-electron chi connectivity index (χ1n) is 26.1. The van der Waals surface area contributed by atoms with Gasteiger partial charge >= 0.3 is 0 Å². The van der Waals surface area contributed by atoms with E-state index >= 15 is 0 Å². The van der Waals surface area contributed by atoms with Crippen LogP contribution in [0, 0.1) is 0 Å². The molecular weight excluding hydrogens is 759 g/mol. The van der Waals surface area contributed by atoms with Gasteiger partial charge in [0, 0.05) is 6.42 Å². The van der Waals surface area contributed by atoms with Crippen LogP contribution in [-0.2, 0) is 4.79 Å². The predicted molar refractivity (Wildman–Crippen MR) is 276 cm³/mol. The molecule has 0 saturated heterocycles. The maximum Gasteiger partial charge on any atom is 0.220 e. The summed E-state index contributed by atoms with van der Waals surface area (Å²) in [6.45, 7) is 4.17. The van der Waals surface area contributed by atoms with Crippen LogP contribution < -0.4 is 5.32 Å². The van der Waals surface area contributed by atoms with Crippen LogP contribution in [-0.4, -0.2) is 34.9 Å². The van der Waals surface area contributed by atoms with Crippen molar-refractivity contribution in [3.63, 3.8) is 0 Å². The van der Waals surface area contributed by atoms with E-state index in [2.05, 4.69) is 116 Å². The van der Waals surface area contributed by atoms with E-state index in [-0.39, 0.29) is 12.5 Å². The van der Waals surface area contributed by atoms with Crippen LogP contribution in [0.5, 0.6) is 0 Å². The highest BCUT2D eigenvalue weighted by Gasteiger charge is 2.17. The molecule has 62 heavy (non-hydrogen) atoms. The highest BCUT2D eigenvalue weighted by Crippen LogP contribution is 2.15. The molecule has 0 rings (SSSR count). The number of amides is 1. The summed E-state index contributed by atoms with van der Waals surface area (Å²) in [5.74, 6) is -0.109. The number of nitrogens with one attached hydrogen (secondary N) is 1. The lowest BCUT2D eigenvalue weighted by Gasteiger charge is -2.19. The van der Waals surface area contributed by atoms with E-state index in [1.807, 2.05) is 6.08 Å². The number of carbonyl (C=O) groups is 1. The predicted octanol–water partition coefficient (Wildman–Crippen LogP) is 17.1. The second kappa shape index (κ2) is 52.4. The zero-order valence-corrected chi connectivity index (χ0v) is 40.6. The average molecular weight is 858 g/mol. The molecule has 2 unspecified atom stereocenters. The fourth-order valence-corrected chi connectivity index (χ4v) is 7.29. The molecule has 0 aliphatic carbocycles. The zero-order chi connectivity index (χ0) is 44.9. The van der Waals surface area contributed by atoms with Crippen LogP contribution in [0.4, 0.5) is 0 Å². The summed E-state index contributed by atoms with van der Waals surface area (Å²) in [6.07, 6.45) is 79.4. The Morgan fingerprint density at radius 2 is 0.726 bits per heavy atom. The molecule has 354 valence electrons. The van der Waals surface area contributed by atoms with Crippen LogP contribution >= 0.6 is 0 Å². The van der Waals surface area contributed by atoms with Gasteiger partial charge in [0.1, 0.15) is 0 Å². The monoisotopic (exact) mass is 858 g/mol. The molecule has 0 fully saturated rings. The van der Waals surface area contributed by atoms with Gasteiger partial charge in [0.15, 0.2) is 0 Å². The van der Waals surface area contributed by atoms with Gasteiger partial charge in [-0.1, -0.05) is 245 Å². The Labute approximate surface area is 385 Å². The molecule has 0 aromatic carbocycles. The number of carbonyl (C=O) groups excluding carboxylic acids is 1. The van der Waals surface area contributed by atoms with Gasteiger partial charge in [-0.05, 0) is 89.9 Å². The van der Waals surface area contributed by atoms with Gasteiger partial charge in [-0.2, -0.15) is 0 Å². The van der Waals surface area contributed by atoms with Gasteiger partial charge in [-0.15, -0.1) is 0 Å². The van der Waals surface area contributed by atoms with Crippen molar-refractivity contribution in [3.8, 4) is 0 Å². The van der Waals surface area contributed by atoms with Crippen molar-refractivity contribution in [2.24, 2.45) is 0 Å². The molecule has 0 spiro atoms. The summed E-state index contributed by atoms with van der Waals surface area (Å²) in [5, 5.41) is 23.1. The van der Waals surface area contributed by atoms with E-state index in [9.17, 15) is 15.0 Å². The second-order valence-electron chi connectivity index (χ2n) is 17.2. The van der Waals surface area contributed by atoms with Gasteiger partial charge in [-0.3, -0.25) is 4.79 Å². The maximum atomic E-state index is 12.4. The summed E-state index contributed by atoms with van der Waals surface area (Å²) in [7, 11) is 0. The quantitative estimate of drug-likeness (QED) is 0.0422. The Kier molecular flexibility index (Phi) is 49.9. The second-order valence-corrected chi connectivity index (χ2v) is 17.2. The van der Waals surface area contributed by atoms with Crippen LogP contribution in [0.1, 0.15) is 232 Å². The Morgan fingerprint density at radius 1 is 0.403 bits per heavy atom. The van der Waals surface area contributed by atoms with Gasteiger partial charge < -0.3 is 15.5 Å². The van der Waals surface area contributed by atoms with Crippen molar-refractivity contribution in [1.82, 2.24) is 5.32 Å². The SMILES string of the molecule is CC/C=C\C/C=C\C/C=C\C/C=C\C/C=C\C/C=C\C/C=C\CCCCCC(=O)NC(CO)C(O)/C=C/CC/C=C/CCCCCCCCCCCCCCCCCCCCC. The van der Waals surface area contributed by atoms with Crippen molar-refractivity contribution < 1.29 is 15.0 Å². The van der Waals surface area contributed by atoms with Crippen molar-refractivity contribution in [2.45, 2.75) is 244 Å². The zero-order valence-electron chi connectivity index (χ0n) is 40.6. The molecule has 0 aromatic rings. The van der Waals surface area contributed by atoms with E-state index in [0.29, 0.717) is 6.42 Å². The highest BCUT2D eigenvalue weighted by atomic mass is 16.3. The summed E-state index contributed by atoms with van der Waals surface area (Å²) in [6, 6.07) is -0.666. The first kappa shape index (κ1) is 59.0. The summed E-state index contributed by atoms with van der Waals surface area (Å²) in [5.41, 5.74) is 0. The molecular formula is C58H99NO3. The van der Waals surface area contributed by atoms with Gasteiger partial charge in [0.25, 0.3) is 0 Å². The molecule has 0 aliphatic heterocycles. The average Bonchev–Trinajstić information content (AvgIpc) is 3.28. The van der Waals surface area contributed by atoms with E-state index < -0.39 is 12.1 Å². The number of aliphatic hydroxyl groups is 2. The number of aliphatic hydroxyl groups excluding tert-OH is 2. The summed E-state index contributed by atoms with van der Waals surface area (Å²) < 4.78 is 0. The number of rotatable bonds is 46. The van der Waals surface area contributed by atoms with Crippen LogP contribution in [0.25, 0.3) is 0 Å². The van der Waals surface area contributed by atoms with Crippen molar-refractivity contribution >= 4 is 5.91 Å². The molecule has 0 aliphatic rings. The molecule has 2 atom stereocenters. The lowest BCUT2D eigenvalue weighted by molar-refractivity contribution is -0.123. The molecule has 0 heterocycles. The first-order chi connectivity index (χ1) is 30.7. The topological polar surface area (TPSA) is 69.6 Å². The number of allylic oxidation sites excluding steroid dienone is 17. The van der Waals surface area contributed by atoms with Crippen LogP contribution in [0.2, 0.25) is 0 Å². The van der Waals surface area contributed by atoms with Crippen LogP contribution in [0.15, 0.2) is 109 Å². The van der Waals surface area contributed by atoms with E-state index in [4.69, 9.17) is 0 Å². The van der Waals surface area contributed by atoms with E-state index in [0.717, 1.165) is 89.9 Å². The molecule has 0 bridgehead atoms. The van der Waals surface area contributed by atoms with Crippen molar-refractivity contribution in [2.75, 3.05) is 6.61 Å². The Morgan fingerprint density at radius 3 is 1.13 bits per heavy atom. The molecule has 0 radical (unpaired) electrons. The van der Waals surface area contributed by atoms with Gasteiger partial charge in [0.05, 0.1) is 18.8 Å². The van der Waals surface area contributed by atoms with Crippen molar-refractivity contribution in [1.29, 1.82) is 0 Å². The fourth-order valence-electron chi connectivity index (χ4n) is 7.29. The van der Waals surface area contributed by atoms with Crippen LogP contribution in [0.3, 0.4) is 0 Å². The third-order valence-corrected chi connectivity index (χ3v) is 11.2. The third-order valence-electron chi connectivity index (χ3n) is 11.2. The molecule has 1 amide bonds. The Bertz CT molecular complexity index is 1200. The molecule has 4 nitrogen and oxygen atoms in total. The lowest BCUT2D eigenvalue weighted by atomic mass is 10.0. The minimum absolute atomic E-state index is 0.109. The standard InChI is InChI=1S/C58H99NO3/c1-3-5-7-9-11-13-15-17-19-21-23-25-27-29-31-33-35-37-39-41-43-45-47-49-51-53-57(61)56(55-60)59-58(62)54-52-50-48-46-44-42-40-38-36-34-32-30-28-26-24-22-20-18-16-14-12-10-8-6-4-2/h6,8,12,14,18,20,24,26,30,32,36,38,42-45,51,53,56-57,60-61H,3-5,7,9-11,13,15-17,19,21-23,25,27-29,31,33-35,37,39-41,46-50,52,54-55H2,1-2H3,(H,59,62)/b8-6-,14-12-,20-18-,26-24-,32-30-,38-36-,44-42-,45-43+,53-51+. The minimum atomic E-state index is -0.885. The number of unbranched alkanes of at least 4 members (excludes halogenated alkanes) is 23. The summed E-state index contributed by atoms with van der Waals surface area (Å²) >= 11 is 0. The molecule has 0 saturated carbocycles. The summed E-state index contributed by atoms with van der Waals surface area (Å²) in [4.78, 5) is 12.4. The third kappa shape index (κ3) is 48.1. The Hall–Kier alpha value is -2.95. The van der Waals surface area contributed by atoms with Gasteiger partial charge in [-0.25, -0.2) is 0 Å². The van der Waals surface area contributed by atoms with Crippen molar-refractivity contribution in [3.05, 3.63) is 109 Å². The normalized spacial score (nSPS) is 13.8. The molecule has 3 N–H and O–H groups in total. The smallest absolute Gasteiger partial charge is 0.220 e.